The molecule has 10 heteroatoms. The maximum Gasteiger partial charge on any atom is 0.271 e. The van der Waals surface area contributed by atoms with Gasteiger partial charge in [-0.1, -0.05) is 53.5 Å². The molecule has 0 saturated carbocycles. The molecule has 0 bridgehead atoms. The molecule has 1 amide bonds. The summed E-state index contributed by atoms with van der Waals surface area (Å²) in [5.74, 6) is -0.0918. The van der Waals surface area contributed by atoms with E-state index in [0.29, 0.717) is 27.1 Å². The van der Waals surface area contributed by atoms with E-state index in [2.05, 4.69) is 10.3 Å². The smallest absolute Gasteiger partial charge is 0.271 e. The minimum atomic E-state index is -3.34. The lowest BCUT2D eigenvalue weighted by molar-refractivity contribution is 0.0864. The molecular formula is C27H25Cl2N3O4S. The molecule has 0 aliphatic heterocycles. The van der Waals surface area contributed by atoms with Crippen molar-refractivity contribution in [3.63, 3.8) is 0 Å². The van der Waals surface area contributed by atoms with Gasteiger partial charge >= 0.3 is 0 Å². The third-order valence-electron chi connectivity index (χ3n) is 5.71. The molecule has 37 heavy (non-hydrogen) atoms. The minimum Gasteiger partial charge on any atom is -0.394 e. The Morgan fingerprint density at radius 2 is 1.62 bits per heavy atom. The van der Waals surface area contributed by atoms with Gasteiger partial charge in [-0.15, -0.1) is 0 Å². The van der Waals surface area contributed by atoms with Gasteiger partial charge in [-0.2, -0.15) is 0 Å². The predicted octanol–water partition coefficient (Wildman–Crippen LogP) is 5.42. The summed E-state index contributed by atoms with van der Waals surface area (Å²) >= 11 is 13.0. The van der Waals surface area contributed by atoms with Crippen molar-refractivity contribution in [2.75, 3.05) is 12.9 Å². The van der Waals surface area contributed by atoms with Gasteiger partial charge in [0, 0.05) is 18.1 Å². The SMILES string of the molecule is CC(C)(CO)NC(=O)c1cn(-c2ccc(-c3cccc(S(C)(=O)=O)c3)cc2)c(-c2c(Cl)cccc2Cl)n1. The first kappa shape index (κ1) is 26.9. The number of carbonyl (C=O) groups is 1. The number of rotatable bonds is 7. The van der Waals surface area contributed by atoms with E-state index in [9.17, 15) is 18.3 Å². The first-order valence-electron chi connectivity index (χ1n) is 11.3. The lowest BCUT2D eigenvalue weighted by Crippen LogP contribution is -2.46. The van der Waals surface area contributed by atoms with Crippen LogP contribution in [0.5, 0.6) is 0 Å². The molecule has 7 nitrogen and oxygen atoms in total. The topological polar surface area (TPSA) is 101 Å². The first-order valence-corrected chi connectivity index (χ1v) is 13.9. The van der Waals surface area contributed by atoms with E-state index >= 15 is 0 Å². The number of halogens is 2. The van der Waals surface area contributed by atoms with Crippen molar-refractivity contribution in [3.8, 4) is 28.2 Å². The van der Waals surface area contributed by atoms with Gasteiger partial charge in [-0.3, -0.25) is 9.36 Å². The molecule has 0 saturated heterocycles. The summed E-state index contributed by atoms with van der Waals surface area (Å²) in [6.07, 6.45) is 2.75. The average Bonchev–Trinajstić information content (AvgIpc) is 3.28. The van der Waals surface area contributed by atoms with E-state index < -0.39 is 21.3 Å². The highest BCUT2D eigenvalue weighted by molar-refractivity contribution is 7.90. The molecule has 3 aromatic carbocycles. The van der Waals surface area contributed by atoms with Crippen LogP contribution in [0.25, 0.3) is 28.2 Å². The Kier molecular flexibility index (Phi) is 7.48. The van der Waals surface area contributed by atoms with Crippen LogP contribution in [-0.2, 0) is 9.84 Å². The van der Waals surface area contributed by atoms with Crippen LogP contribution in [-0.4, -0.2) is 47.4 Å². The number of sulfone groups is 1. The van der Waals surface area contributed by atoms with Crippen molar-refractivity contribution >= 4 is 38.9 Å². The molecule has 0 radical (unpaired) electrons. The molecule has 0 fully saturated rings. The summed E-state index contributed by atoms with van der Waals surface area (Å²) in [5, 5.41) is 13.1. The average molecular weight is 558 g/mol. The van der Waals surface area contributed by atoms with E-state index in [-0.39, 0.29) is 17.2 Å². The molecular weight excluding hydrogens is 533 g/mol. The van der Waals surface area contributed by atoms with Crippen molar-refractivity contribution < 1.29 is 18.3 Å². The standard InChI is InChI=1S/C27H25Cl2N3O4S/c1-27(2,16-33)31-26(34)23-15-32(25(30-23)24-21(28)8-5-9-22(24)29)19-12-10-17(11-13-19)18-6-4-7-20(14-18)37(3,35)36/h4-15,33H,16H2,1-3H3,(H,31,34). The summed E-state index contributed by atoms with van der Waals surface area (Å²) < 4.78 is 25.6. The number of nitrogens with zero attached hydrogens (tertiary/aromatic N) is 2. The van der Waals surface area contributed by atoms with Crippen LogP contribution in [0.3, 0.4) is 0 Å². The molecule has 4 aromatic rings. The number of amides is 1. The number of carbonyl (C=O) groups excluding carboxylic acids is 1. The summed E-state index contributed by atoms with van der Waals surface area (Å²) in [6, 6.07) is 19.2. The van der Waals surface area contributed by atoms with Crippen molar-refractivity contribution in [2.45, 2.75) is 24.3 Å². The van der Waals surface area contributed by atoms with Crippen molar-refractivity contribution in [1.29, 1.82) is 0 Å². The van der Waals surface area contributed by atoms with Crippen LogP contribution in [0.4, 0.5) is 0 Å². The highest BCUT2D eigenvalue weighted by Gasteiger charge is 2.25. The molecule has 0 aliphatic rings. The maximum absolute atomic E-state index is 13.0. The van der Waals surface area contributed by atoms with Gasteiger partial charge in [-0.25, -0.2) is 13.4 Å². The quantitative estimate of drug-likeness (QED) is 0.316. The van der Waals surface area contributed by atoms with Gasteiger partial charge in [0.25, 0.3) is 5.91 Å². The molecule has 4 rings (SSSR count). The van der Waals surface area contributed by atoms with Crippen LogP contribution in [0.2, 0.25) is 10.0 Å². The maximum atomic E-state index is 13.0. The molecule has 2 N–H and O–H groups in total. The van der Waals surface area contributed by atoms with Crippen LogP contribution < -0.4 is 5.32 Å². The minimum absolute atomic E-state index is 0.123. The Labute approximate surface area is 225 Å². The second-order valence-electron chi connectivity index (χ2n) is 9.26. The molecule has 1 heterocycles. The Bertz CT molecular complexity index is 1560. The Hall–Kier alpha value is -3.17. The lowest BCUT2D eigenvalue weighted by Gasteiger charge is -2.22. The van der Waals surface area contributed by atoms with E-state index in [4.69, 9.17) is 23.2 Å². The number of hydrogen-bond acceptors (Lipinski definition) is 5. The molecule has 0 spiro atoms. The van der Waals surface area contributed by atoms with Gasteiger partial charge in [0.05, 0.1) is 32.7 Å². The second kappa shape index (κ2) is 10.3. The van der Waals surface area contributed by atoms with E-state index in [1.807, 2.05) is 30.3 Å². The fourth-order valence-electron chi connectivity index (χ4n) is 3.71. The highest BCUT2D eigenvalue weighted by Crippen LogP contribution is 2.36. The van der Waals surface area contributed by atoms with Gasteiger partial charge in [0.15, 0.2) is 9.84 Å². The van der Waals surface area contributed by atoms with Crippen LogP contribution >= 0.6 is 23.2 Å². The summed E-state index contributed by atoms with van der Waals surface area (Å²) in [5.41, 5.74) is 2.00. The van der Waals surface area contributed by atoms with Crippen molar-refractivity contribution in [3.05, 3.63) is 88.7 Å². The zero-order chi connectivity index (χ0) is 27.0. The number of aliphatic hydroxyl groups is 1. The number of benzene rings is 3. The zero-order valence-corrected chi connectivity index (χ0v) is 22.7. The number of aromatic nitrogens is 2. The van der Waals surface area contributed by atoms with Gasteiger partial charge in [0.1, 0.15) is 11.5 Å². The van der Waals surface area contributed by atoms with Crippen LogP contribution in [0, 0.1) is 0 Å². The van der Waals surface area contributed by atoms with E-state index in [1.165, 1.54) is 6.26 Å². The third kappa shape index (κ3) is 5.88. The number of aliphatic hydroxyl groups excluding tert-OH is 1. The van der Waals surface area contributed by atoms with E-state index in [1.54, 1.807) is 61.0 Å². The predicted molar refractivity (Wildman–Crippen MR) is 146 cm³/mol. The molecule has 0 atom stereocenters. The molecule has 192 valence electrons. The molecule has 1 aromatic heterocycles. The van der Waals surface area contributed by atoms with Crippen LogP contribution in [0.15, 0.2) is 77.8 Å². The number of imidazole rings is 1. The fraction of sp³-hybridized carbons (Fsp3) is 0.185. The van der Waals surface area contributed by atoms with Gasteiger partial charge in [-0.05, 0) is 61.4 Å². The van der Waals surface area contributed by atoms with Gasteiger partial charge in [0.2, 0.25) is 0 Å². The second-order valence-corrected chi connectivity index (χ2v) is 12.1. The van der Waals surface area contributed by atoms with Crippen LogP contribution in [0.1, 0.15) is 24.3 Å². The molecule has 0 aliphatic carbocycles. The third-order valence-corrected chi connectivity index (χ3v) is 7.45. The first-order chi connectivity index (χ1) is 17.4. The Morgan fingerprint density at radius 1 is 1.00 bits per heavy atom. The van der Waals surface area contributed by atoms with Crippen molar-refractivity contribution in [1.82, 2.24) is 14.9 Å². The summed E-state index contributed by atoms with van der Waals surface area (Å²) in [6.45, 7) is 3.15. The molecule has 0 unspecified atom stereocenters. The number of nitrogens with one attached hydrogen (secondary N) is 1. The van der Waals surface area contributed by atoms with Gasteiger partial charge < -0.3 is 10.4 Å². The van der Waals surface area contributed by atoms with E-state index in [0.717, 1.165) is 11.1 Å². The summed E-state index contributed by atoms with van der Waals surface area (Å²) in [4.78, 5) is 17.7. The highest BCUT2D eigenvalue weighted by atomic mass is 35.5. The Balaban J connectivity index is 1.80. The largest absolute Gasteiger partial charge is 0.394 e. The Morgan fingerprint density at radius 3 is 2.22 bits per heavy atom. The monoisotopic (exact) mass is 557 g/mol. The lowest BCUT2D eigenvalue weighted by atomic mass is 10.1. The van der Waals surface area contributed by atoms with Crippen molar-refractivity contribution in [2.24, 2.45) is 0 Å². The summed E-state index contributed by atoms with van der Waals surface area (Å²) in [7, 11) is -3.34. The number of hydrogen-bond donors (Lipinski definition) is 2. The normalized spacial score (nSPS) is 11.9. The zero-order valence-electron chi connectivity index (χ0n) is 20.4. The fourth-order valence-corrected chi connectivity index (χ4v) is 4.94.